The maximum absolute atomic E-state index is 9.34. The largest absolute Gasteiger partial charge is 0.353 e. The average Bonchev–Trinajstić information content (AvgIpc) is 2.35. The zero-order valence-electron chi connectivity index (χ0n) is 9.97. The molecule has 2 rings (SSSR count). The van der Waals surface area contributed by atoms with E-state index in [2.05, 4.69) is 6.07 Å². The lowest BCUT2D eigenvalue weighted by molar-refractivity contribution is -0.255. The maximum atomic E-state index is 9.34. The number of hydrogen-bond acceptors (Lipinski definition) is 4. The maximum Gasteiger partial charge on any atom is 0.172 e. The minimum Gasteiger partial charge on any atom is -0.353 e. The summed E-state index contributed by atoms with van der Waals surface area (Å²) < 4.78 is 10.2. The quantitative estimate of drug-likeness (QED) is 0.769. The molecular formula is C13H15NO2S. The van der Waals surface area contributed by atoms with Crippen LogP contribution >= 0.6 is 11.8 Å². The molecule has 0 radical (unpaired) electrons. The molecule has 0 spiro atoms. The Kier molecular flexibility index (Phi) is 3.43. The zero-order chi connectivity index (χ0) is 12.4. The molecule has 17 heavy (non-hydrogen) atoms. The van der Waals surface area contributed by atoms with E-state index in [4.69, 9.17) is 9.47 Å². The molecule has 0 aromatic heterocycles. The summed E-state index contributed by atoms with van der Waals surface area (Å²) in [7, 11) is 3.25. The molecule has 3 nitrogen and oxygen atoms in total. The molecule has 4 heteroatoms. The molecule has 0 unspecified atom stereocenters. The van der Waals surface area contributed by atoms with Gasteiger partial charge in [0.1, 0.15) is 4.75 Å². The van der Waals surface area contributed by atoms with Crippen LogP contribution < -0.4 is 0 Å². The molecule has 1 fully saturated rings. The Hall–Kier alpha value is -1.02. The van der Waals surface area contributed by atoms with Gasteiger partial charge >= 0.3 is 0 Å². The monoisotopic (exact) mass is 249 g/mol. The Morgan fingerprint density at radius 2 is 1.76 bits per heavy atom. The fraction of sp³-hybridized carbons (Fsp3) is 0.462. The number of nitrogens with zero attached hydrogens (tertiary/aromatic N) is 1. The van der Waals surface area contributed by atoms with Gasteiger partial charge in [0.15, 0.2) is 5.79 Å². The summed E-state index contributed by atoms with van der Waals surface area (Å²) in [5.41, 5.74) is 0. The summed E-state index contributed by atoms with van der Waals surface area (Å²) in [4.78, 5) is 1.11. The van der Waals surface area contributed by atoms with Gasteiger partial charge in [-0.05, 0) is 12.1 Å². The zero-order valence-corrected chi connectivity index (χ0v) is 10.8. The molecule has 0 N–H and O–H groups in total. The second-order valence-electron chi connectivity index (χ2n) is 4.19. The van der Waals surface area contributed by atoms with E-state index in [9.17, 15) is 5.26 Å². The topological polar surface area (TPSA) is 42.2 Å². The lowest BCUT2D eigenvalue weighted by Crippen LogP contribution is -2.56. The van der Waals surface area contributed by atoms with Crippen LogP contribution in [0.3, 0.4) is 0 Å². The smallest absolute Gasteiger partial charge is 0.172 e. The summed E-state index contributed by atoms with van der Waals surface area (Å²) in [5, 5.41) is 9.34. The van der Waals surface area contributed by atoms with E-state index < -0.39 is 10.5 Å². The predicted molar refractivity (Wildman–Crippen MR) is 66.6 cm³/mol. The van der Waals surface area contributed by atoms with Gasteiger partial charge < -0.3 is 9.47 Å². The minimum absolute atomic E-state index is 0.423. The highest BCUT2D eigenvalue weighted by Crippen LogP contribution is 2.54. The number of rotatable bonds is 4. The fourth-order valence-electron chi connectivity index (χ4n) is 2.08. The highest BCUT2D eigenvalue weighted by molar-refractivity contribution is 8.01. The van der Waals surface area contributed by atoms with Crippen LogP contribution in [0, 0.1) is 11.3 Å². The Morgan fingerprint density at radius 3 is 2.24 bits per heavy atom. The molecule has 1 aromatic rings. The molecule has 0 heterocycles. The van der Waals surface area contributed by atoms with Gasteiger partial charge in [-0.25, -0.2) is 0 Å². The third-order valence-electron chi connectivity index (χ3n) is 3.11. The van der Waals surface area contributed by atoms with Crippen molar-refractivity contribution in [1.29, 1.82) is 5.26 Å². The first kappa shape index (κ1) is 12.4. The van der Waals surface area contributed by atoms with E-state index in [1.807, 2.05) is 30.3 Å². The lowest BCUT2D eigenvalue weighted by Gasteiger charge is -2.49. The van der Waals surface area contributed by atoms with E-state index in [-0.39, 0.29) is 0 Å². The van der Waals surface area contributed by atoms with Crippen molar-refractivity contribution in [1.82, 2.24) is 0 Å². The van der Waals surface area contributed by atoms with Crippen LogP contribution in [0.1, 0.15) is 12.8 Å². The number of benzene rings is 1. The Balaban J connectivity index is 2.08. The van der Waals surface area contributed by atoms with Crippen molar-refractivity contribution in [3.05, 3.63) is 30.3 Å². The number of hydrogen-bond donors (Lipinski definition) is 0. The lowest BCUT2D eigenvalue weighted by atomic mass is 9.78. The van der Waals surface area contributed by atoms with Crippen molar-refractivity contribution in [2.75, 3.05) is 14.2 Å². The first-order valence-corrected chi connectivity index (χ1v) is 6.25. The van der Waals surface area contributed by atoms with Gasteiger partial charge in [0, 0.05) is 32.0 Å². The number of thioether (sulfide) groups is 1. The molecule has 1 saturated carbocycles. The summed E-state index contributed by atoms with van der Waals surface area (Å²) >= 11 is 1.59. The van der Waals surface area contributed by atoms with Gasteiger partial charge in [-0.3, -0.25) is 0 Å². The van der Waals surface area contributed by atoms with Crippen molar-refractivity contribution in [2.45, 2.75) is 28.3 Å². The fourth-order valence-corrected chi connectivity index (χ4v) is 3.45. The average molecular weight is 249 g/mol. The van der Waals surface area contributed by atoms with Crippen LogP contribution in [0.25, 0.3) is 0 Å². The van der Waals surface area contributed by atoms with Crippen LogP contribution in [-0.4, -0.2) is 24.8 Å². The minimum atomic E-state index is -0.572. The Bertz CT molecular complexity index is 415. The van der Waals surface area contributed by atoms with E-state index in [1.54, 1.807) is 26.0 Å². The van der Waals surface area contributed by atoms with E-state index in [0.717, 1.165) is 4.90 Å². The molecular weight excluding hydrogens is 234 g/mol. The molecule has 1 aliphatic rings. The van der Waals surface area contributed by atoms with Crippen LogP contribution in [0.2, 0.25) is 0 Å². The molecule has 0 aliphatic heterocycles. The van der Waals surface area contributed by atoms with Gasteiger partial charge in [0.2, 0.25) is 0 Å². The van der Waals surface area contributed by atoms with E-state index >= 15 is 0 Å². The third kappa shape index (κ3) is 2.32. The van der Waals surface area contributed by atoms with Gasteiger partial charge in [-0.2, -0.15) is 5.26 Å². The molecule has 0 amide bonds. The van der Waals surface area contributed by atoms with E-state index in [1.165, 1.54) is 0 Å². The second kappa shape index (κ2) is 4.69. The first-order valence-electron chi connectivity index (χ1n) is 5.43. The summed E-state index contributed by atoms with van der Waals surface area (Å²) in [6.07, 6.45) is 1.20. The van der Waals surface area contributed by atoms with Crippen molar-refractivity contribution in [3.63, 3.8) is 0 Å². The normalized spacial score (nSPS) is 20.3. The van der Waals surface area contributed by atoms with Crippen LogP contribution in [0.15, 0.2) is 35.2 Å². The molecule has 0 bridgehead atoms. The molecule has 1 aromatic carbocycles. The predicted octanol–water partition coefficient (Wildman–Crippen LogP) is 2.82. The Morgan fingerprint density at radius 1 is 1.18 bits per heavy atom. The van der Waals surface area contributed by atoms with Crippen molar-refractivity contribution < 1.29 is 9.47 Å². The summed E-state index contributed by atoms with van der Waals surface area (Å²) in [5.74, 6) is -0.572. The highest BCUT2D eigenvalue weighted by atomic mass is 32.2. The van der Waals surface area contributed by atoms with Crippen molar-refractivity contribution >= 4 is 11.8 Å². The van der Waals surface area contributed by atoms with Gasteiger partial charge in [0.25, 0.3) is 0 Å². The molecule has 90 valence electrons. The standard InChI is InChI=1S/C13H15NO2S/c1-15-13(16-2)8-12(9-13,10-14)17-11-6-4-3-5-7-11/h3-7H,8-9H2,1-2H3. The van der Waals surface area contributed by atoms with Crippen LogP contribution in [0.4, 0.5) is 0 Å². The van der Waals surface area contributed by atoms with Crippen molar-refractivity contribution in [3.8, 4) is 6.07 Å². The molecule has 0 saturated heterocycles. The summed E-state index contributed by atoms with van der Waals surface area (Å²) in [6.45, 7) is 0. The second-order valence-corrected chi connectivity index (χ2v) is 5.65. The number of methoxy groups -OCH3 is 2. The van der Waals surface area contributed by atoms with Crippen LogP contribution in [0.5, 0.6) is 0 Å². The van der Waals surface area contributed by atoms with Gasteiger partial charge in [0.05, 0.1) is 6.07 Å². The number of ether oxygens (including phenoxy) is 2. The highest BCUT2D eigenvalue weighted by Gasteiger charge is 2.57. The van der Waals surface area contributed by atoms with Gasteiger partial charge in [-0.1, -0.05) is 18.2 Å². The Labute approximate surface area is 106 Å². The summed E-state index contributed by atoms with van der Waals surface area (Å²) in [6, 6.07) is 12.4. The van der Waals surface area contributed by atoms with Crippen molar-refractivity contribution in [2.24, 2.45) is 0 Å². The van der Waals surface area contributed by atoms with Gasteiger partial charge in [-0.15, -0.1) is 11.8 Å². The molecule has 1 aliphatic carbocycles. The number of nitriles is 1. The first-order chi connectivity index (χ1) is 8.17. The molecule has 0 atom stereocenters. The SMILES string of the molecule is COC1(OC)CC(C#N)(Sc2ccccc2)C1. The third-order valence-corrected chi connectivity index (χ3v) is 4.39. The van der Waals surface area contributed by atoms with E-state index in [0.29, 0.717) is 12.8 Å². The van der Waals surface area contributed by atoms with Crippen LogP contribution in [-0.2, 0) is 9.47 Å².